The second kappa shape index (κ2) is 2.80. The lowest BCUT2D eigenvalue weighted by atomic mass is 10.6. The van der Waals surface area contributed by atoms with Crippen LogP contribution < -0.4 is 0 Å². The van der Waals surface area contributed by atoms with Gasteiger partial charge in [-0.2, -0.15) is 13.2 Å². The van der Waals surface area contributed by atoms with E-state index in [4.69, 9.17) is 0 Å². The quantitative estimate of drug-likeness (QED) is 0.746. The first-order chi connectivity index (χ1) is 5.04. The van der Waals surface area contributed by atoms with Crippen LogP contribution in [-0.2, 0) is 11.5 Å². The molecule has 0 atom stereocenters. The summed E-state index contributed by atoms with van der Waals surface area (Å²) >= 11 is 2.94. The molecule has 3 nitrogen and oxygen atoms in total. The van der Waals surface area contributed by atoms with Crippen molar-refractivity contribution in [2.45, 2.75) is 11.5 Å². The molecule has 0 unspecified atom stereocenters. The first kappa shape index (κ1) is 8.51. The van der Waals surface area contributed by atoms with E-state index in [2.05, 4.69) is 31.1 Å². The van der Waals surface area contributed by atoms with E-state index in [-0.39, 0.29) is 11.2 Å². The number of aromatic amines is 1. The highest BCUT2D eigenvalue weighted by Gasteiger charge is 2.35. The van der Waals surface area contributed by atoms with E-state index >= 15 is 0 Å². The average Bonchev–Trinajstić information content (AvgIpc) is 2.32. The van der Waals surface area contributed by atoms with E-state index in [0.717, 1.165) is 0 Å². The smallest absolute Gasteiger partial charge is 0.262 e. The third-order valence-electron chi connectivity index (χ3n) is 0.912. The summed E-state index contributed by atoms with van der Waals surface area (Å²) in [5.74, 6) is -0.968. The molecular formula is C4H3BrF3N3. The van der Waals surface area contributed by atoms with Gasteiger partial charge in [-0.1, -0.05) is 15.9 Å². The minimum Gasteiger partial charge on any atom is -0.262 e. The number of hydrogen-bond acceptors (Lipinski definition) is 2. The van der Waals surface area contributed by atoms with Crippen molar-refractivity contribution in [3.63, 3.8) is 0 Å². The van der Waals surface area contributed by atoms with Gasteiger partial charge in [-0.05, 0) is 0 Å². The molecule has 0 bridgehead atoms. The topological polar surface area (TPSA) is 41.6 Å². The van der Waals surface area contributed by atoms with E-state index in [1.165, 1.54) is 0 Å². The molecule has 0 spiro atoms. The van der Waals surface area contributed by atoms with E-state index in [1.54, 1.807) is 0 Å². The van der Waals surface area contributed by atoms with Crippen molar-refractivity contribution in [2.75, 3.05) is 0 Å². The van der Waals surface area contributed by atoms with Crippen LogP contribution in [-0.4, -0.2) is 15.2 Å². The highest BCUT2D eigenvalue weighted by Crippen LogP contribution is 2.25. The van der Waals surface area contributed by atoms with Crippen molar-refractivity contribution in [3.8, 4) is 0 Å². The summed E-state index contributed by atoms with van der Waals surface area (Å²) in [6.45, 7) is 0. The lowest BCUT2D eigenvalue weighted by molar-refractivity contribution is -0.144. The third kappa shape index (κ3) is 1.92. The van der Waals surface area contributed by atoms with E-state index in [1.807, 2.05) is 0 Å². The van der Waals surface area contributed by atoms with Gasteiger partial charge in [-0.25, -0.2) is 4.98 Å². The number of hydrogen-bond donors (Lipinski definition) is 1. The van der Waals surface area contributed by atoms with Crippen LogP contribution in [0.15, 0.2) is 0 Å². The number of alkyl halides is 4. The zero-order valence-corrected chi connectivity index (χ0v) is 6.70. The Bertz CT molecular complexity index is 243. The third-order valence-corrected chi connectivity index (χ3v) is 1.44. The number of nitrogens with zero attached hydrogens (tertiary/aromatic N) is 2. The average molecular weight is 230 g/mol. The molecule has 1 aromatic heterocycles. The molecule has 0 amide bonds. The molecule has 1 N–H and O–H groups in total. The summed E-state index contributed by atoms with van der Waals surface area (Å²) in [7, 11) is 0. The van der Waals surface area contributed by atoms with Crippen LogP contribution in [0.1, 0.15) is 11.6 Å². The monoisotopic (exact) mass is 229 g/mol. The minimum atomic E-state index is -4.46. The minimum absolute atomic E-state index is 0.164. The summed E-state index contributed by atoms with van der Waals surface area (Å²) < 4.78 is 35.3. The SMILES string of the molecule is FC(F)(F)c1n[nH]c(CBr)n1. The Kier molecular flexibility index (Phi) is 2.17. The van der Waals surface area contributed by atoms with Gasteiger partial charge in [-0.15, -0.1) is 5.10 Å². The van der Waals surface area contributed by atoms with Crippen LogP contribution in [0.5, 0.6) is 0 Å². The van der Waals surface area contributed by atoms with Crippen LogP contribution in [0.2, 0.25) is 0 Å². The number of rotatable bonds is 1. The molecule has 62 valence electrons. The van der Waals surface area contributed by atoms with Gasteiger partial charge in [0.25, 0.3) is 5.82 Å². The van der Waals surface area contributed by atoms with Gasteiger partial charge in [0.1, 0.15) is 5.82 Å². The second-order valence-electron chi connectivity index (χ2n) is 1.74. The van der Waals surface area contributed by atoms with Gasteiger partial charge in [-0.3, -0.25) is 5.10 Å². The molecular weight excluding hydrogens is 227 g/mol. The number of aromatic nitrogens is 3. The fraction of sp³-hybridized carbons (Fsp3) is 0.500. The summed E-state index contributed by atoms with van der Waals surface area (Å²) in [4.78, 5) is 3.16. The molecule has 0 fully saturated rings. The molecule has 0 saturated heterocycles. The molecule has 0 aromatic carbocycles. The van der Waals surface area contributed by atoms with Gasteiger partial charge >= 0.3 is 6.18 Å². The van der Waals surface area contributed by atoms with E-state index < -0.39 is 12.0 Å². The summed E-state index contributed by atoms with van der Waals surface area (Å²) in [5, 5.41) is 5.33. The fourth-order valence-corrected chi connectivity index (χ4v) is 0.733. The Labute approximate surface area is 68.1 Å². The normalized spacial score (nSPS) is 12.0. The van der Waals surface area contributed by atoms with Gasteiger partial charge in [0.05, 0.1) is 5.33 Å². The zero-order valence-electron chi connectivity index (χ0n) is 5.11. The molecule has 11 heavy (non-hydrogen) atoms. The largest absolute Gasteiger partial charge is 0.453 e. The van der Waals surface area contributed by atoms with Crippen molar-refractivity contribution < 1.29 is 13.2 Å². The fourth-order valence-electron chi connectivity index (χ4n) is 0.482. The Morgan fingerprint density at radius 1 is 1.45 bits per heavy atom. The molecule has 1 rings (SSSR count). The first-order valence-corrected chi connectivity index (χ1v) is 3.70. The lowest BCUT2D eigenvalue weighted by Crippen LogP contribution is -2.07. The Hall–Kier alpha value is -0.590. The molecule has 0 saturated carbocycles. The standard InChI is InChI=1S/C4H3BrF3N3/c5-1-2-9-3(11-10-2)4(6,7)8/h1H2,(H,9,10,11). The molecule has 0 radical (unpaired) electrons. The number of nitrogens with one attached hydrogen (secondary N) is 1. The molecule has 7 heteroatoms. The van der Waals surface area contributed by atoms with E-state index in [9.17, 15) is 13.2 Å². The summed E-state index contributed by atoms with van der Waals surface area (Å²) in [5.41, 5.74) is 0. The highest BCUT2D eigenvalue weighted by molar-refractivity contribution is 9.08. The van der Waals surface area contributed by atoms with Crippen molar-refractivity contribution in [1.82, 2.24) is 15.2 Å². The van der Waals surface area contributed by atoms with Crippen LogP contribution in [0.3, 0.4) is 0 Å². The van der Waals surface area contributed by atoms with Crippen LogP contribution in [0.4, 0.5) is 13.2 Å². The molecule has 1 heterocycles. The molecule has 0 aliphatic carbocycles. The van der Waals surface area contributed by atoms with Gasteiger partial charge in [0.15, 0.2) is 0 Å². The van der Waals surface area contributed by atoms with Gasteiger partial charge in [0, 0.05) is 0 Å². The predicted octanol–water partition coefficient (Wildman–Crippen LogP) is 1.72. The maximum atomic E-state index is 11.8. The number of halogens is 4. The Morgan fingerprint density at radius 3 is 2.36 bits per heavy atom. The zero-order chi connectivity index (χ0) is 8.48. The van der Waals surface area contributed by atoms with Crippen LogP contribution in [0.25, 0.3) is 0 Å². The Balaban J connectivity index is 2.89. The Morgan fingerprint density at radius 2 is 2.09 bits per heavy atom. The number of H-pyrrole nitrogens is 1. The molecule has 0 aliphatic rings. The lowest BCUT2D eigenvalue weighted by Gasteiger charge is -1.96. The van der Waals surface area contributed by atoms with Gasteiger partial charge < -0.3 is 0 Å². The molecule has 1 aromatic rings. The van der Waals surface area contributed by atoms with Crippen LogP contribution in [0, 0.1) is 0 Å². The maximum Gasteiger partial charge on any atom is 0.453 e. The highest BCUT2D eigenvalue weighted by atomic mass is 79.9. The predicted molar refractivity (Wildman–Crippen MR) is 34.0 cm³/mol. The maximum absolute atomic E-state index is 11.8. The van der Waals surface area contributed by atoms with Crippen molar-refractivity contribution in [1.29, 1.82) is 0 Å². The van der Waals surface area contributed by atoms with Gasteiger partial charge in [0.2, 0.25) is 0 Å². The van der Waals surface area contributed by atoms with Crippen molar-refractivity contribution >= 4 is 15.9 Å². The van der Waals surface area contributed by atoms with Crippen molar-refractivity contribution in [3.05, 3.63) is 11.6 Å². The van der Waals surface area contributed by atoms with Crippen molar-refractivity contribution in [2.24, 2.45) is 0 Å². The summed E-state index contributed by atoms with van der Waals surface area (Å²) in [6, 6.07) is 0. The van der Waals surface area contributed by atoms with Crippen LogP contribution >= 0.6 is 15.9 Å². The second-order valence-corrected chi connectivity index (χ2v) is 2.30. The van der Waals surface area contributed by atoms with E-state index in [0.29, 0.717) is 0 Å². The first-order valence-electron chi connectivity index (χ1n) is 2.58. The summed E-state index contributed by atoms with van der Waals surface area (Å²) in [6.07, 6.45) is -4.46. The molecule has 0 aliphatic heterocycles.